The van der Waals surface area contributed by atoms with Crippen molar-refractivity contribution in [1.29, 1.82) is 0 Å². The first kappa shape index (κ1) is 25.6. The van der Waals surface area contributed by atoms with Gasteiger partial charge in [-0.3, -0.25) is 19.5 Å². The summed E-state index contributed by atoms with van der Waals surface area (Å²) in [4.78, 5) is 24.3. The van der Waals surface area contributed by atoms with Crippen molar-refractivity contribution in [2.75, 3.05) is 11.1 Å². The number of non-ortho nitro benzene ring substituents is 1. The van der Waals surface area contributed by atoms with E-state index in [9.17, 15) is 14.9 Å². The van der Waals surface area contributed by atoms with Gasteiger partial charge in [-0.05, 0) is 25.5 Å². The van der Waals surface area contributed by atoms with Crippen LogP contribution in [0.4, 0.5) is 11.4 Å². The molecule has 0 saturated carbocycles. The third-order valence-corrected chi connectivity index (χ3v) is 7.56. The topological polar surface area (TPSA) is 103 Å². The molecule has 0 bridgehead atoms. The Bertz CT molecular complexity index is 1450. The zero-order chi connectivity index (χ0) is 25.8. The summed E-state index contributed by atoms with van der Waals surface area (Å²) in [5.74, 6) is 0.338. The van der Waals surface area contributed by atoms with Crippen LogP contribution in [0.2, 0.25) is 5.02 Å². The Balaban J connectivity index is 1.57. The zero-order valence-electron chi connectivity index (χ0n) is 19.5. The van der Waals surface area contributed by atoms with Gasteiger partial charge in [0, 0.05) is 40.1 Å². The predicted octanol–water partition coefficient (Wildman–Crippen LogP) is 6.77. The third kappa shape index (κ3) is 5.51. The average molecular weight is 540 g/mol. The molecule has 4 aromatic rings. The van der Waals surface area contributed by atoms with E-state index in [0.29, 0.717) is 17.5 Å². The van der Waals surface area contributed by atoms with E-state index in [-0.39, 0.29) is 28.1 Å². The van der Waals surface area contributed by atoms with Gasteiger partial charge in [0.2, 0.25) is 5.91 Å². The quantitative estimate of drug-likeness (QED) is 0.109. The van der Waals surface area contributed by atoms with Gasteiger partial charge < -0.3 is 5.32 Å². The van der Waals surface area contributed by atoms with Gasteiger partial charge in [0.15, 0.2) is 11.0 Å². The molecule has 2 aromatic heterocycles. The van der Waals surface area contributed by atoms with Crippen LogP contribution in [0.1, 0.15) is 10.4 Å². The lowest BCUT2D eigenvalue weighted by atomic mass is 10.0. The molecule has 0 atom stereocenters. The van der Waals surface area contributed by atoms with Crippen molar-refractivity contribution in [2.45, 2.75) is 25.5 Å². The summed E-state index contributed by atoms with van der Waals surface area (Å²) in [5.41, 5.74) is 4.38. The van der Waals surface area contributed by atoms with E-state index in [0.717, 1.165) is 16.7 Å². The summed E-state index contributed by atoms with van der Waals surface area (Å²) in [7, 11) is 0. The molecule has 4 rings (SSSR count). The fraction of sp³-hybridized carbons (Fsp3) is 0.160. The average Bonchev–Trinajstić information content (AvgIpc) is 3.42. The van der Waals surface area contributed by atoms with Gasteiger partial charge in [-0.25, -0.2) is 0 Å². The van der Waals surface area contributed by atoms with Gasteiger partial charge in [-0.15, -0.1) is 28.1 Å². The van der Waals surface area contributed by atoms with E-state index in [4.69, 9.17) is 11.6 Å². The second kappa shape index (κ2) is 11.1. The van der Waals surface area contributed by atoms with Crippen LogP contribution >= 0.6 is 34.7 Å². The van der Waals surface area contributed by atoms with E-state index in [1.54, 1.807) is 17.4 Å². The Kier molecular flexibility index (Phi) is 7.88. The highest BCUT2D eigenvalue weighted by molar-refractivity contribution is 7.99. The maximum atomic E-state index is 12.6. The number of nitrogens with one attached hydrogen (secondary N) is 1. The lowest BCUT2D eigenvalue weighted by Crippen LogP contribution is -2.15. The predicted molar refractivity (Wildman–Crippen MR) is 146 cm³/mol. The number of nitro groups is 1. The van der Waals surface area contributed by atoms with Crippen molar-refractivity contribution in [3.63, 3.8) is 0 Å². The van der Waals surface area contributed by atoms with Crippen molar-refractivity contribution in [2.24, 2.45) is 0 Å². The molecular weight excluding hydrogens is 518 g/mol. The van der Waals surface area contributed by atoms with Crippen LogP contribution in [0.25, 0.3) is 22.5 Å². The SMILES string of the molecule is C=CCn1c(SCC(=O)Nc2cc([N+](=O)[O-])ccc2Cl)nnc1-c1csc(C)c1-c1ccc(C)cc1. The Hall–Kier alpha value is -3.47. The molecule has 1 amide bonds. The molecule has 0 radical (unpaired) electrons. The van der Waals surface area contributed by atoms with Crippen molar-refractivity contribution < 1.29 is 9.72 Å². The number of aromatic nitrogens is 3. The van der Waals surface area contributed by atoms with Gasteiger partial charge >= 0.3 is 0 Å². The molecule has 11 heteroatoms. The molecule has 0 aliphatic heterocycles. The number of nitro benzene ring substituents is 1. The minimum Gasteiger partial charge on any atom is -0.324 e. The van der Waals surface area contributed by atoms with E-state index in [2.05, 4.69) is 65.6 Å². The molecule has 2 heterocycles. The molecule has 184 valence electrons. The second-order valence-electron chi connectivity index (χ2n) is 7.91. The number of rotatable bonds is 9. The highest BCUT2D eigenvalue weighted by Gasteiger charge is 2.21. The van der Waals surface area contributed by atoms with Crippen molar-refractivity contribution in [3.05, 3.63) is 86.1 Å². The zero-order valence-corrected chi connectivity index (χ0v) is 21.9. The van der Waals surface area contributed by atoms with Gasteiger partial charge in [0.05, 0.1) is 21.4 Å². The number of nitrogens with zero attached hydrogens (tertiary/aromatic N) is 4. The van der Waals surface area contributed by atoms with E-state index in [1.807, 2.05) is 4.57 Å². The minimum atomic E-state index is -0.545. The molecule has 0 spiro atoms. The molecule has 36 heavy (non-hydrogen) atoms. The van der Waals surface area contributed by atoms with Crippen molar-refractivity contribution in [3.8, 4) is 22.5 Å². The van der Waals surface area contributed by atoms with Crippen molar-refractivity contribution >= 4 is 52.0 Å². The molecular formula is C25H22ClN5O3S2. The molecule has 8 nitrogen and oxygen atoms in total. The lowest BCUT2D eigenvalue weighted by Gasteiger charge is -2.10. The first-order valence-corrected chi connectivity index (χ1v) is 13.1. The van der Waals surface area contributed by atoms with E-state index >= 15 is 0 Å². The smallest absolute Gasteiger partial charge is 0.271 e. The normalized spacial score (nSPS) is 10.9. The Morgan fingerprint density at radius 1 is 1.25 bits per heavy atom. The van der Waals surface area contributed by atoms with Crippen LogP contribution in [0, 0.1) is 24.0 Å². The fourth-order valence-corrected chi connectivity index (χ4v) is 5.40. The largest absolute Gasteiger partial charge is 0.324 e. The number of amides is 1. The van der Waals surface area contributed by atoms with Crippen LogP contribution in [0.15, 0.2) is 65.7 Å². The van der Waals surface area contributed by atoms with Crippen molar-refractivity contribution in [1.82, 2.24) is 14.8 Å². The van der Waals surface area contributed by atoms with Crippen LogP contribution in [-0.4, -0.2) is 31.3 Å². The maximum absolute atomic E-state index is 12.6. The Labute approximate surface area is 221 Å². The number of hydrogen-bond acceptors (Lipinski definition) is 7. The van der Waals surface area contributed by atoms with Crippen LogP contribution in [-0.2, 0) is 11.3 Å². The number of thiophene rings is 1. The number of thioether (sulfide) groups is 1. The number of benzene rings is 2. The molecule has 0 aliphatic rings. The van der Waals surface area contributed by atoms with Gasteiger partial charge in [0.25, 0.3) is 5.69 Å². The fourth-order valence-electron chi connectivity index (χ4n) is 3.63. The van der Waals surface area contributed by atoms with Gasteiger partial charge in [0.1, 0.15) is 0 Å². The lowest BCUT2D eigenvalue weighted by molar-refractivity contribution is -0.384. The highest BCUT2D eigenvalue weighted by Crippen LogP contribution is 2.39. The third-order valence-electron chi connectivity index (χ3n) is 5.35. The standard InChI is InChI=1S/C25H22ClN5O3S2/c1-4-11-30-24(19-13-35-16(3)23(19)17-7-5-15(2)6-8-17)28-29-25(30)36-14-22(32)27-21-12-18(31(33)34)9-10-20(21)26/h4-10,12-13H,1,11,14H2,2-3H3,(H,27,32). The van der Waals surface area contributed by atoms with Crippen LogP contribution in [0.5, 0.6) is 0 Å². The summed E-state index contributed by atoms with van der Waals surface area (Å²) < 4.78 is 1.92. The highest BCUT2D eigenvalue weighted by atomic mass is 35.5. The first-order chi connectivity index (χ1) is 17.3. The summed E-state index contributed by atoms with van der Waals surface area (Å²) in [6, 6.07) is 12.3. The molecule has 0 saturated heterocycles. The number of carbonyl (C=O) groups excluding carboxylic acids is 1. The molecule has 1 N–H and O–H groups in total. The van der Waals surface area contributed by atoms with Gasteiger partial charge in [-0.1, -0.05) is 59.3 Å². The number of anilines is 1. The van der Waals surface area contributed by atoms with Gasteiger partial charge in [-0.2, -0.15) is 0 Å². The number of hydrogen-bond donors (Lipinski definition) is 1. The minimum absolute atomic E-state index is 0.0157. The summed E-state index contributed by atoms with van der Waals surface area (Å²) in [5, 5.41) is 25.3. The summed E-state index contributed by atoms with van der Waals surface area (Å²) >= 11 is 8.95. The summed E-state index contributed by atoms with van der Waals surface area (Å²) in [6.07, 6.45) is 1.75. The monoisotopic (exact) mass is 539 g/mol. The number of halogens is 1. The number of allylic oxidation sites excluding steroid dienone is 1. The first-order valence-electron chi connectivity index (χ1n) is 10.8. The summed E-state index contributed by atoms with van der Waals surface area (Å²) in [6.45, 7) is 8.46. The number of carbonyl (C=O) groups is 1. The van der Waals surface area contributed by atoms with E-state index < -0.39 is 4.92 Å². The Morgan fingerprint density at radius 2 is 2.00 bits per heavy atom. The second-order valence-corrected chi connectivity index (χ2v) is 10.3. The Morgan fingerprint density at radius 3 is 2.69 bits per heavy atom. The molecule has 2 aromatic carbocycles. The van der Waals surface area contributed by atoms with Crippen LogP contribution < -0.4 is 5.32 Å². The van der Waals surface area contributed by atoms with Crippen LogP contribution in [0.3, 0.4) is 0 Å². The molecule has 0 aliphatic carbocycles. The maximum Gasteiger partial charge on any atom is 0.271 e. The molecule has 0 unspecified atom stereocenters. The molecule has 0 fully saturated rings. The number of aryl methyl sites for hydroxylation is 2. The van der Waals surface area contributed by atoms with E-state index in [1.165, 1.54) is 40.4 Å².